The van der Waals surface area contributed by atoms with Crippen LogP contribution in [0.25, 0.3) is 0 Å². The molecule has 0 saturated heterocycles. The van der Waals surface area contributed by atoms with Crippen LogP contribution in [-0.4, -0.2) is 70.5 Å². The quantitative estimate of drug-likeness (QED) is 0.209. The van der Waals surface area contributed by atoms with E-state index in [1.54, 1.807) is 24.3 Å². The first kappa shape index (κ1) is 27.7. The summed E-state index contributed by atoms with van der Waals surface area (Å²) >= 11 is 0. The summed E-state index contributed by atoms with van der Waals surface area (Å²) < 4.78 is 59.0. The molecular formula is C22H35N5O5S2. The molecule has 12 heteroatoms. The van der Waals surface area contributed by atoms with Crippen molar-refractivity contribution < 1.29 is 21.4 Å². The maximum atomic E-state index is 12.8. The summed E-state index contributed by atoms with van der Waals surface area (Å²) in [5, 5.41) is 4.54. The normalized spacial score (nSPS) is 12.1. The number of sulfonamides is 1. The molecule has 10 nitrogen and oxygen atoms in total. The van der Waals surface area contributed by atoms with Crippen LogP contribution in [0.15, 0.2) is 42.5 Å². The Bertz CT molecular complexity index is 1150. The average molecular weight is 514 g/mol. The zero-order valence-electron chi connectivity index (χ0n) is 20.1. The maximum absolute atomic E-state index is 12.8. The van der Waals surface area contributed by atoms with E-state index < -0.39 is 25.9 Å². The van der Waals surface area contributed by atoms with E-state index in [1.165, 1.54) is 5.01 Å². The van der Waals surface area contributed by atoms with Gasteiger partial charge in [0.05, 0.1) is 30.8 Å². The molecule has 0 heterocycles. The molecule has 34 heavy (non-hydrogen) atoms. The highest BCUT2D eigenvalue weighted by atomic mass is 32.2. The van der Waals surface area contributed by atoms with Crippen molar-refractivity contribution in [1.29, 1.82) is 0 Å². The Labute approximate surface area is 203 Å². The van der Waals surface area contributed by atoms with Gasteiger partial charge in [-0.15, -0.1) is 4.41 Å². The number of benzene rings is 2. The number of anilines is 4. The summed E-state index contributed by atoms with van der Waals surface area (Å²) in [6.07, 6.45) is 1.07. The topological polar surface area (TPSA) is 136 Å². The van der Waals surface area contributed by atoms with E-state index in [0.29, 0.717) is 24.5 Å². The molecule has 0 aliphatic rings. The number of hydrogen-bond donors (Lipinski definition) is 3. The van der Waals surface area contributed by atoms with Crippen LogP contribution in [-0.2, 0) is 20.1 Å². The first-order valence-electron chi connectivity index (χ1n) is 11.0. The van der Waals surface area contributed by atoms with Crippen LogP contribution in [0.4, 0.5) is 22.7 Å². The number of aryl methyl sites for hydroxylation is 1. The van der Waals surface area contributed by atoms with Gasteiger partial charge < -0.3 is 16.0 Å². The Morgan fingerprint density at radius 1 is 0.941 bits per heavy atom. The van der Waals surface area contributed by atoms with E-state index in [1.807, 2.05) is 43.9 Å². The molecule has 4 N–H and O–H groups in total. The van der Waals surface area contributed by atoms with Crippen molar-refractivity contribution in [2.45, 2.75) is 20.8 Å². The minimum absolute atomic E-state index is 0.0660. The largest absolute Gasteiger partial charge is 0.399 e. The van der Waals surface area contributed by atoms with Crippen molar-refractivity contribution in [2.24, 2.45) is 0 Å². The molecule has 0 saturated carbocycles. The molecule has 2 rings (SSSR count). The molecule has 0 aliphatic heterocycles. The van der Waals surface area contributed by atoms with Gasteiger partial charge in [0.1, 0.15) is 0 Å². The fraction of sp³-hybridized carbons (Fsp3) is 0.455. The van der Waals surface area contributed by atoms with E-state index in [0.717, 1.165) is 34.2 Å². The van der Waals surface area contributed by atoms with Crippen LogP contribution in [0.3, 0.4) is 0 Å². The van der Waals surface area contributed by atoms with Crippen LogP contribution in [0.1, 0.15) is 19.4 Å². The lowest BCUT2D eigenvalue weighted by molar-refractivity contribution is 0.391. The lowest BCUT2D eigenvalue weighted by Gasteiger charge is -2.36. The highest BCUT2D eigenvalue weighted by Gasteiger charge is 2.27. The zero-order chi connectivity index (χ0) is 25.5. The molecule has 2 aromatic rings. The number of nitrogen functional groups attached to an aromatic ring is 1. The summed E-state index contributed by atoms with van der Waals surface area (Å²) in [5.41, 5.74) is 9.77. The molecule has 0 spiro atoms. The van der Waals surface area contributed by atoms with Crippen molar-refractivity contribution in [1.82, 2.24) is 4.41 Å². The minimum atomic E-state index is -4.31. The predicted octanol–water partition coefficient (Wildman–Crippen LogP) is 2.41. The Morgan fingerprint density at radius 2 is 1.56 bits per heavy atom. The Balaban J connectivity index is 2.37. The summed E-state index contributed by atoms with van der Waals surface area (Å²) in [6.45, 7) is 7.36. The fourth-order valence-electron chi connectivity index (χ4n) is 3.52. The fourth-order valence-corrected chi connectivity index (χ4v) is 4.88. The van der Waals surface area contributed by atoms with Crippen LogP contribution >= 0.6 is 0 Å². The second-order valence-electron chi connectivity index (χ2n) is 7.92. The highest BCUT2D eigenvalue weighted by molar-refractivity contribution is 7.88. The predicted molar refractivity (Wildman–Crippen MR) is 139 cm³/mol. The molecule has 0 fully saturated rings. The third kappa shape index (κ3) is 8.05. The van der Waals surface area contributed by atoms with Gasteiger partial charge in [-0.25, -0.2) is 8.42 Å². The van der Waals surface area contributed by atoms with E-state index in [9.17, 15) is 21.4 Å². The zero-order valence-corrected chi connectivity index (χ0v) is 21.7. The Kier molecular flexibility index (Phi) is 9.56. The lowest BCUT2D eigenvalue weighted by Crippen LogP contribution is -2.51. The van der Waals surface area contributed by atoms with Gasteiger partial charge in [0.15, 0.2) is 0 Å². The monoisotopic (exact) mass is 513 g/mol. The van der Waals surface area contributed by atoms with E-state index in [4.69, 9.17) is 5.73 Å². The smallest absolute Gasteiger partial charge is 0.266 e. The molecule has 0 aliphatic carbocycles. The molecule has 0 amide bonds. The van der Waals surface area contributed by atoms with Crippen LogP contribution in [0, 0.1) is 6.92 Å². The van der Waals surface area contributed by atoms with Crippen molar-refractivity contribution in [2.75, 3.05) is 65.7 Å². The van der Waals surface area contributed by atoms with E-state index in [2.05, 4.69) is 5.32 Å². The summed E-state index contributed by atoms with van der Waals surface area (Å²) in [7, 11) is -8.09. The Morgan fingerprint density at radius 3 is 2.06 bits per heavy atom. The summed E-state index contributed by atoms with van der Waals surface area (Å²) in [6, 6.07) is 12.6. The standard InChI is InChI=1S/C22H35N5O5S2/c1-5-24-19-7-9-20(10-8-19)26(15-16-34(30,31)32)27(33(4,28)29)14-13-25(6-2)21-11-12-22(23)18(3)17-21/h7-12,17,24H,5-6,13-16,23H2,1-4H3,(H,30,31,32). The lowest BCUT2D eigenvalue weighted by atomic mass is 10.1. The average Bonchev–Trinajstić information content (AvgIpc) is 2.74. The summed E-state index contributed by atoms with van der Waals surface area (Å²) in [4.78, 5) is 2.01. The third-order valence-corrected chi connectivity index (χ3v) is 7.16. The van der Waals surface area contributed by atoms with Gasteiger partial charge in [-0.1, -0.05) is 0 Å². The second kappa shape index (κ2) is 11.7. The number of nitrogens with two attached hydrogens (primary N) is 1. The first-order valence-corrected chi connectivity index (χ1v) is 14.5. The third-order valence-electron chi connectivity index (χ3n) is 5.32. The number of rotatable bonds is 13. The number of likely N-dealkylation sites (N-methyl/N-ethyl adjacent to an activating group) is 1. The number of nitrogens with zero attached hydrogens (tertiary/aromatic N) is 3. The van der Waals surface area contributed by atoms with Gasteiger partial charge in [0, 0.05) is 36.7 Å². The van der Waals surface area contributed by atoms with E-state index >= 15 is 0 Å². The number of hydrazine groups is 1. The van der Waals surface area contributed by atoms with E-state index in [-0.39, 0.29) is 13.1 Å². The van der Waals surface area contributed by atoms with Crippen molar-refractivity contribution in [3.63, 3.8) is 0 Å². The van der Waals surface area contributed by atoms with Crippen LogP contribution in [0.5, 0.6) is 0 Å². The molecule has 0 unspecified atom stereocenters. The van der Waals surface area contributed by atoms with Crippen molar-refractivity contribution in [3.05, 3.63) is 48.0 Å². The van der Waals surface area contributed by atoms with Gasteiger partial charge in [0.25, 0.3) is 10.1 Å². The molecular weight excluding hydrogens is 478 g/mol. The van der Waals surface area contributed by atoms with Gasteiger partial charge in [-0.3, -0.25) is 9.56 Å². The maximum Gasteiger partial charge on any atom is 0.266 e. The number of nitrogens with one attached hydrogen (secondary N) is 1. The van der Waals surface area contributed by atoms with Gasteiger partial charge in [0.2, 0.25) is 10.0 Å². The van der Waals surface area contributed by atoms with Gasteiger partial charge >= 0.3 is 0 Å². The van der Waals surface area contributed by atoms with Gasteiger partial charge in [-0.2, -0.15) is 8.42 Å². The molecule has 0 aromatic heterocycles. The molecule has 0 radical (unpaired) electrons. The Hall–Kier alpha value is -2.54. The first-order chi connectivity index (χ1) is 15.9. The van der Waals surface area contributed by atoms with Gasteiger partial charge in [-0.05, 0) is 68.8 Å². The molecule has 0 atom stereocenters. The number of hydrogen-bond acceptors (Lipinski definition) is 8. The minimum Gasteiger partial charge on any atom is -0.399 e. The molecule has 0 bridgehead atoms. The van der Waals surface area contributed by atoms with Crippen LogP contribution < -0.4 is 21.0 Å². The second-order valence-corrected chi connectivity index (χ2v) is 11.4. The van der Waals surface area contributed by atoms with Crippen LogP contribution in [0.2, 0.25) is 0 Å². The molecule has 2 aromatic carbocycles. The molecule has 190 valence electrons. The van der Waals surface area contributed by atoms with Crippen molar-refractivity contribution >= 4 is 42.9 Å². The van der Waals surface area contributed by atoms with Crippen molar-refractivity contribution in [3.8, 4) is 0 Å². The summed E-state index contributed by atoms with van der Waals surface area (Å²) in [5.74, 6) is -0.622. The highest BCUT2D eigenvalue weighted by Crippen LogP contribution is 2.23. The SMILES string of the molecule is CCNc1ccc(N(CCS(=O)(=O)O)N(CCN(CC)c2ccc(N)c(C)c2)S(C)(=O)=O)cc1.